The summed E-state index contributed by atoms with van der Waals surface area (Å²) >= 11 is 0. The van der Waals surface area contributed by atoms with E-state index < -0.39 is 17.9 Å². The lowest BCUT2D eigenvalue weighted by molar-refractivity contribution is 0.169. The first-order valence-electron chi connectivity index (χ1n) is 14.3. The van der Waals surface area contributed by atoms with E-state index >= 15 is 0 Å². The molecule has 9 rings (SSSR count). The van der Waals surface area contributed by atoms with Crippen molar-refractivity contribution >= 4 is 11.0 Å². The fraction of sp³-hybridized carbons (Fsp3) is 0.0294. The maximum atomic E-state index is 14.6. The van der Waals surface area contributed by atoms with Gasteiger partial charge in [0.1, 0.15) is 11.6 Å². The summed E-state index contributed by atoms with van der Waals surface area (Å²) in [4.78, 5) is 27.1. The summed E-state index contributed by atoms with van der Waals surface area (Å²) in [6, 6.07) is 23.3. The van der Waals surface area contributed by atoms with Crippen LogP contribution in [0.15, 0.2) is 104 Å². The van der Waals surface area contributed by atoms with Gasteiger partial charge in [-0.1, -0.05) is 18.2 Å². The smallest absolute Gasteiger partial charge is 0.204 e. The number of imidazole rings is 3. The van der Waals surface area contributed by atoms with E-state index in [1.807, 2.05) is 77.6 Å². The van der Waals surface area contributed by atoms with Crippen molar-refractivity contribution in [3.05, 3.63) is 121 Å². The van der Waals surface area contributed by atoms with Crippen LogP contribution < -0.4 is 4.74 Å². The third-order valence-electron chi connectivity index (χ3n) is 8.09. The highest BCUT2D eigenvalue weighted by molar-refractivity contribution is 5.85. The topological polar surface area (TPSA) is 116 Å². The van der Waals surface area contributed by atoms with Crippen LogP contribution in [-0.4, -0.2) is 39.5 Å². The Morgan fingerprint density at radius 2 is 1.53 bits per heavy atom. The Bertz CT molecular complexity index is 2350. The monoisotopic (exact) mass is 596 g/mol. The van der Waals surface area contributed by atoms with E-state index in [1.165, 1.54) is 12.1 Å². The molecule has 3 aromatic carbocycles. The van der Waals surface area contributed by atoms with Gasteiger partial charge in [-0.3, -0.25) is 4.57 Å². The first kappa shape index (κ1) is 25.3. The lowest BCUT2D eigenvalue weighted by Crippen LogP contribution is -2.23. The van der Waals surface area contributed by atoms with Gasteiger partial charge in [-0.05, 0) is 60.7 Å². The normalized spacial score (nSPS) is 14.0. The molecule has 0 saturated heterocycles. The summed E-state index contributed by atoms with van der Waals surface area (Å²) in [5, 5.41) is 0. The Morgan fingerprint density at radius 3 is 2.33 bits per heavy atom. The second kappa shape index (κ2) is 9.64. The van der Waals surface area contributed by atoms with Crippen molar-refractivity contribution < 1.29 is 13.5 Å². The van der Waals surface area contributed by atoms with Crippen molar-refractivity contribution in [2.75, 3.05) is 0 Å². The van der Waals surface area contributed by atoms with Crippen LogP contribution in [0.5, 0.6) is 5.75 Å². The molecule has 0 unspecified atom stereocenters. The van der Waals surface area contributed by atoms with Gasteiger partial charge in [0.15, 0.2) is 23.3 Å². The quantitative estimate of drug-likeness (QED) is 0.163. The van der Waals surface area contributed by atoms with Gasteiger partial charge >= 0.3 is 0 Å². The first-order valence-corrected chi connectivity index (χ1v) is 14.3. The molecule has 9 nitrogen and oxygen atoms in total. The molecule has 0 amide bonds. The molecular weight excluding hydrogens is 574 g/mol. The third kappa shape index (κ3) is 4.08. The molecule has 1 aliphatic heterocycles. The SMILES string of the molecule is Fc1ccc([C@@H]2Oc3cc(-c4cnc(-c5ccc[nH]5)[nH]4)ccc3-c3ncc(-c4ccc5nc(-c6ccc[nH]6)[nH]c5c4)n32)cc1F. The van der Waals surface area contributed by atoms with Gasteiger partial charge in [0.25, 0.3) is 0 Å². The maximum absolute atomic E-state index is 14.6. The van der Waals surface area contributed by atoms with Gasteiger partial charge in [-0.15, -0.1) is 0 Å². The van der Waals surface area contributed by atoms with Gasteiger partial charge < -0.3 is 24.7 Å². The van der Waals surface area contributed by atoms with Crippen molar-refractivity contribution in [1.29, 1.82) is 0 Å². The van der Waals surface area contributed by atoms with E-state index in [4.69, 9.17) is 14.7 Å². The van der Waals surface area contributed by atoms with Gasteiger partial charge in [0.05, 0.1) is 51.8 Å². The summed E-state index contributed by atoms with van der Waals surface area (Å²) in [5.74, 6) is 0.755. The Balaban J connectivity index is 1.17. The minimum atomic E-state index is -0.955. The van der Waals surface area contributed by atoms with Gasteiger partial charge in [0, 0.05) is 29.1 Å². The van der Waals surface area contributed by atoms with Crippen LogP contribution in [0.4, 0.5) is 8.78 Å². The zero-order valence-corrected chi connectivity index (χ0v) is 23.3. The molecule has 0 spiro atoms. The number of benzene rings is 3. The number of nitrogens with zero attached hydrogens (tertiary/aromatic N) is 4. The van der Waals surface area contributed by atoms with E-state index in [1.54, 1.807) is 12.4 Å². The van der Waals surface area contributed by atoms with Crippen LogP contribution in [0.2, 0.25) is 0 Å². The molecule has 4 N–H and O–H groups in total. The number of halogens is 2. The summed E-state index contributed by atoms with van der Waals surface area (Å²) in [6.45, 7) is 0. The average Bonchev–Trinajstić information content (AvgIpc) is 3.90. The van der Waals surface area contributed by atoms with Crippen LogP contribution in [-0.2, 0) is 0 Å². The van der Waals surface area contributed by atoms with E-state index in [0.717, 1.165) is 62.4 Å². The van der Waals surface area contributed by atoms with E-state index in [2.05, 4.69) is 24.9 Å². The number of hydrogen-bond donors (Lipinski definition) is 4. The Morgan fingerprint density at radius 1 is 0.711 bits per heavy atom. The van der Waals surface area contributed by atoms with E-state index in [9.17, 15) is 8.78 Å². The molecule has 0 bridgehead atoms. The molecule has 0 aliphatic carbocycles. The van der Waals surface area contributed by atoms with Crippen molar-refractivity contribution in [3.8, 4) is 62.7 Å². The van der Waals surface area contributed by atoms with Crippen molar-refractivity contribution in [2.24, 2.45) is 0 Å². The number of ether oxygens (including phenoxy) is 1. The molecule has 6 heterocycles. The van der Waals surface area contributed by atoms with E-state index in [0.29, 0.717) is 23.0 Å². The van der Waals surface area contributed by atoms with Gasteiger partial charge in [-0.25, -0.2) is 23.7 Å². The standard InChI is InChI=1S/C34H22F2N8O/c35-22-9-6-20(13-23(22)36)34-44-29(19-7-10-24-27(14-19)42-32(41-24)26-4-2-12-38-26)17-40-33(44)21-8-5-18(15-30(21)45-34)28-16-39-31(43-28)25-3-1-11-37-25/h1-17,34,37-38H,(H,39,43)(H,41,42)/t34-/m0/s1. The molecule has 5 aromatic heterocycles. The van der Waals surface area contributed by atoms with Gasteiger partial charge in [-0.2, -0.15) is 0 Å². The summed E-state index contributed by atoms with van der Waals surface area (Å²) in [6.07, 6.45) is 6.40. The lowest BCUT2D eigenvalue weighted by Gasteiger charge is -2.30. The second-order valence-corrected chi connectivity index (χ2v) is 10.8. The van der Waals surface area contributed by atoms with Crippen LogP contribution >= 0.6 is 0 Å². The third-order valence-corrected chi connectivity index (χ3v) is 8.09. The molecule has 0 radical (unpaired) electrons. The molecule has 45 heavy (non-hydrogen) atoms. The number of aromatic nitrogens is 8. The predicted molar refractivity (Wildman–Crippen MR) is 165 cm³/mol. The molecule has 8 aromatic rings. The minimum absolute atomic E-state index is 0.442. The predicted octanol–water partition coefficient (Wildman–Crippen LogP) is 7.69. The number of H-pyrrole nitrogens is 4. The molecule has 11 heteroatoms. The number of hydrogen-bond acceptors (Lipinski definition) is 4. The van der Waals surface area contributed by atoms with Gasteiger partial charge in [0.2, 0.25) is 6.23 Å². The molecule has 1 aliphatic rings. The van der Waals surface area contributed by atoms with E-state index in [-0.39, 0.29) is 0 Å². The highest BCUT2D eigenvalue weighted by Gasteiger charge is 2.32. The maximum Gasteiger partial charge on any atom is 0.204 e. The largest absolute Gasteiger partial charge is 0.465 e. The molecule has 0 fully saturated rings. The van der Waals surface area contributed by atoms with Crippen molar-refractivity contribution in [1.82, 2.24) is 39.5 Å². The molecule has 0 saturated carbocycles. The second-order valence-electron chi connectivity index (χ2n) is 10.8. The van der Waals surface area contributed by atoms with Crippen molar-refractivity contribution in [3.63, 3.8) is 0 Å². The van der Waals surface area contributed by atoms with Crippen molar-refractivity contribution in [2.45, 2.75) is 6.23 Å². The van der Waals surface area contributed by atoms with Crippen LogP contribution in [0.25, 0.3) is 68.0 Å². The fourth-order valence-electron chi connectivity index (χ4n) is 5.90. The summed E-state index contributed by atoms with van der Waals surface area (Å²) in [7, 11) is 0. The van der Waals surface area contributed by atoms with Crippen LogP contribution in [0, 0.1) is 11.6 Å². The minimum Gasteiger partial charge on any atom is -0.465 e. The Hall–Kier alpha value is -6.23. The highest BCUT2D eigenvalue weighted by Crippen LogP contribution is 2.44. The first-order chi connectivity index (χ1) is 22.1. The average molecular weight is 597 g/mol. The Labute approximate surface area is 253 Å². The lowest BCUT2D eigenvalue weighted by atomic mass is 10.0. The Kier molecular flexibility index (Phi) is 5.42. The number of fused-ring (bicyclic) bond motifs is 4. The number of aromatic amines is 4. The highest BCUT2D eigenvalue weighted by atomic mass is 19.2. The fourth-order valence-corrected chi connectivity index (χ4v) is 5.90. The summed E-state index contributed by atoms with van der Waals surface area (Å²) < 4.78 is 37.1. The van der Waals surface area contributed by atoms with Crippen LogP contribution in [0.3, 0.4) is 0 Å². The molecular formula is C34H22F2N8O. The molecule has 218 valence electrons. The van der Waals surface area contributed by atoms with Crippen LogP contribution in [0.1, 0.15) is 11.8 Å². The number of rotatable bonds is 5. The number of nitrogens with one attached hydrogen (secondary N) is 4. The zero-order valence-electron chi connectivity index (χ0n) is 23.3. The summed E-state index contributed by atoms with van der Waals surface area (Å²) in [5.41, 5.74) is 7.88. The zero-order chi connectivity index (χ0) is 30.1. The molecule has 1 atom stereocenters.